The summed E-state index contributed by atoms with van der Waals surface area (Å²) >= 11 is 0. The van der Waals surface area contributed by atoms with E-state index in [0.29, 0.717) is 0 Å². The Bertz CT molecular complexity index is 2330. The van der Waals surface area contributed by atoms with Crippen molar-refractivity contribution in [2.24, 2.45) is 0 Å². The number of nitrogens with one attached hydrogen (secondary N) is 1. The molecule has 3 heteroatoms. The molecule has 0 fully saturated rings. The second-order valence-electron chi connectivity index (χ2n) is 10.9. The van der Waals surface area contributed by atoms with Gasteiger partial charge in [-0.3, -0.25) is 4.98 Å². The van der Waals surface area contributed by atoms with Crippen molar-refractivity contribution in [2.75, 3.05) is 0 Å². The molecule has 210 valence electrons. The fraction of sp³-hybridized carbons (Fsp3) is 0.0244. The lowest BCUT2D eigenvalue weighted by molar-refractivity contribution is 1.24. The van der Waals surface area contributed by atoms with Gasteiger partial charge in [-0.2, -0.15) is 0 Å². The lowest BCUT2D eigenvalue weighted by Gasteiger charge is -2.12. The van der Waals surface area contributed by atoms with Gasteiger partial charge in [-0.1, -0.05) is 110 Å². The normalized spacial score (nSPS) is 12.3. The summed E-state index contributed by atoms with van der Waals surface area (Å²) in [4.78, 5) is 4.62. The number of allylic oxidation sites excluding steroid dienone is 6. The Hall–Kier alpha value is -5.80. The van der Waals surface area contributed by atoms with Crippen LogP contribution in [0.5, 0.6) is 0 Å². The summed E-state index contributed by atoms with van der Waals surface area (Å²) < 4.78 is 2.35. The maximum atomic E-state index is 7.68. The molecule has 7 rings (SSSR count). The summed E-state index contributed by atoms with van der Waals surface area (Å²) in [6.07, 6.45) is 10.7. The van der Waals surface area contributed by atoms with Crippen molar-refractivity contribution >= 4 is 60.8 Å². The Labute approximate surface area is 256 Å². The van der Waals surface area contributed by atoms with Gasteiger partial charge in [0.2, 0.25) is 0 Å². The summed E-state index contributed by atoms with van der Waals surface area (Å²) in [7, 11) is 0. The molecule has 2 heterocycles. The first-order chi connectivity index (χ1) is 21.6. The monoisotopic (exact) mass is 565 g/mol. The molecule has 0 saturated carbocycles. The smallest absolute Gasteiger partial charge is 0.0717 e. The van der Waals surface area contributed by atoms with Gasteiger partial charge in [-0.25, -0.2) is 0 Å². The number of aromatic nitrogens is 2. The zero-order chi connectivity index (χ0) is 30.2. The predicted molar refractivity (Wildman–Crippen MR) is 190 cm³/mol. The van der Waals surface area contributed by atoms with Gasteiger partial charge in [0.25, 0.3) is 0 Å². The Kier molecular flexibility index (Phi) is 6.84. The van der Waals surface area contributed by atoms with Crippen LogP contribution in [0, 0.1) is 5.41 Å². The quantitative estimate of drug-likeness (QED) is 0.152. The predicted octanol–water partition coefficient (Wildman–Crippen LogP) is 11.1. The summed E-state index contributed by atoms with van der Waals surface area (Å²) in [6, 6.07) is 37.1. The molecule has 0 aliphatic heterocycles. The Morgan fingerprint density at radius 2 is 1.36 bits per heavy atom. The Morgan fingerprint density at radius 3 is 2.09 bits per heavy atom. The fourth-order valence-corrected chi connectivity index (χ4v) is 6.24. The average molecular weight is 566 g/mol. The van der Waals surface area contributed by atoms with Crippen molar-refractivity contribution in [2.45, 2.75) is 6.92 Å². The molecule has 0 saturated heterocycles. The SMILES string of the molecule is C=C/C=C(\C=N)c1ccc(-c2ccc3c(ccc4c5ccc(-c6ccc7ccccc7c6)cc5n(/C(C=C)=C/C)c34)c2)cn1. The first kappa shape index (κ1) is 27.1. The highest BCUT2D eigenvalue weighted by atomic mass is 15.0. The standard InChI is InChI=1S/C41H31N3/c1-4-9-33(25-42)39-21-17-34(26-43-39)30-14-18-36-32(23-30)16-20-38-37-19-15-31(24-40(37)44(41(36)38)35(5-2)6-3)29-13-12-27-10-7-8-11-28(27)22-29/h4-26,42H,1-2H2,3H3/b33-9+,35-6+,42-25?. The minimum atomic E-state index is 0.728. The van der Waals surface area contributed by atoms with E-state index in [1.807, 2.05) is 18.3 Å². The van der Waals surface area contributed by atoms with Crippen molar-refractivity contribution in [1.82, 2.24) is 9.55 Å². The summed E-state index contributed by atoms with van der Waals surface area (Å²) in [5.41, 5.74) is 9.36. The number of fused-ring (bicyclic) bond motifs is 6. The second-order valence-corrected chi connectivity index (χ2v) is 10.9. The number of nitrogens with zero attached hydrogens (tertiary/aromatic N) is 2. The van der Waals surface area contributed by atoms with E-state index < -0.39 is 0 Å². The van der Waals surface area contributed by atoms with Crippen molar-refractivity contribution in [1.29, 1.82) is 5.41 Å². The first-order valence-corrected chi connectivity index (χ1v) is 14.7. The number of rotatable bonds is 7. The zero-order valence-electron chi connectivity index (χ0n) is 24.6. The molecular formula is C41H31N3. The van der Waals surface area contributed by atoms with Crippen LogP contribution in [0.4, 0.5) is 0 Å². The van der Waals surface area contributed by atoms with Crippen LogP contribution in [0.15, 0.2) is 147 Å². The molecular weight excluding hydrogens is 534 g/mol. The Balaban J connectivity index is 1.40. The van der Waals surface area contributed by atoms with Gasteiger partial charge in [-0.15, -0.1) is 0 Å². The lowest BCUT2D eigenvalue weighted by atomic mass is 9.98. The highest BCUT2D eigenvalue weighted by Crippen LogP contribution is 2.39. The van der Waals surface area contributed by atoms with Crippen molar-refractivity contribution < 1.29 is 0 Å². The minimum absolute atomic E-state index is 0.728. The first-order valence-electron chi connectivity index (χ1n) is 14.7. The van der Waals surface area contributed by atoms with Gasteiger partial charge < -0.3 is 9.98 Å². The molecule has 0 bridgehead atoms. The second kappa shape index (κ2) is 11.1. The highest BCUT2D eigenvalue weighted by molar-refractivity contribution is 6.20. The van der Waals surface area contributed by atoms with Crippen LogP contribution >= 0.6 is 0 Å². The fourth-order valence-electron chi connectivity index (χ4n) is 6.24. The van der Waals surface area contributed by atoms with E-state index in [0.717, 1.165) is 39.0 Å². The number of hydrogen-bond donors (Lipinski definition) is 1. The molecule has 0 unspecified atom stereocenters. The van der Waals surface area contributed by atoms with Gasteiger partial charge in [0, 0.05) is 45.4 Å². The molecule has 0 aliphatic carbocycles. The highest BCUT2D eigenvalue weighted by Gasteiger charge is 2.17. The molecule has 0 aliphatic rings. The zero-order valence-corrected chi connectivity index (χ0v) is 24.6. The van der Waals surface area contributed by atoms with E-state index in [1.165, 1.54) is 49.8 Å². The maximum Gasteiger partial charge on any atom is 0.0717 e. The van der Waals surface area contributed by atoms with E-state index >= 15 is 0 Å². The van der Waals surface area contributed by atoms with Crippen LogP contribution in [0.2, 0.25) is 0 Å². The molecule has 0 amide bonds. The largest absolute Gasteiger partial charge is 0.309 e. The van der Waals surface area contributed by atoms with Crippen LogP contribution < -0.4 is 0 Å². The van der Waals surface area contributed by atoms with Gasteiger partial charge >= 0.3 is 0 Å². The summed E-state index contributed by atoms with van der Waals surface area (Å²) in [6.45, 7) is 9.97. The van der Waals surface area contributed by atoms with Crippen molar-refractivity contribution in [3.8, 4) is 22.3 Å². The van der Waals surface area contributed by atoms with Crippen LogP contribution in [-0.4, -0.2) is 15.8 Å². The molecule has 0 spiro atoms. The molecule has 0 atom stereocenters. The maximum absolute atomic E-state index is 7.68. The van der Waals surface area contributed by atoms with E-state index in [9.17, 15) is 0 Å². The molecule has 2 aromatic heterocycles. The minimum Gasteiger partial charge on any atom is -0.309 e. The molecule has 5 aromatic carbocycles. The van der Waals surface area contributed by atoms with E-state index in [2.05, 4.69) is 133 Å². The number of pyridine rings is 1. The van der Waals surface area contributed by atoms with Crippen LogP contribution in [-0.2, 0) is 0 Å². The van der Waals surface area contributed by atoms with Gasteiger partial charge in [0.1, 0.15) is 0 Å². The van der Waals surface area contributed by atoms with Crippen molar-refractivity contribution in [3.63, 3.8) is 0 Å². The van der Waals surface area contributed by atoms with Crippen molar-refractivity contribution in [3.05, 3.63) is 152 Å². The number of hydrogen-bond acceptors (Lipinski definition) is 2. The molecule has 0 radical (unpaired) electrons. The van der Waals surface area contributed by atoms with Crippen LogP contribution in [0.1, 0.15) is 12.6 Å². The molecule has 1 N–H and O–H groups in total. The van der Waals surface area contributed by atoms with E-state index in [4.69, 9.17) is 5.41 Å². The van der Waals surface area contributed by atoms with E-state index in [-0.39, 0.29) is 0 Å². The molecule has 44 heavy (non-hydrogen) atoms. The third kappa shape index (κ3) is 4.47. The lowest BCUT2D eigenvalue weighted by Crippen LogP contribution is -1.95. The third-order valence-electron chi connectivity index (χ3n) is 8.44. The van der Waals surface area contributed by atoms with Gasteiger partial charge in [0.15, 0.2) is 0 Å². The average Bonchev–Trinajstić information content (AvgIpc) is 3.41. The van der Waals surface area contributed by atoms with Crippen LogP contribution in [0.25, 0.3) is 76.9 Å². The van der Waals surface area contributed by atoms with Crippen LogP contribution in [0.3, 0.4) is 0 Å². The molecule has 3 nitrogen and oxygen atoms in total. The van der Waals surface area contributed by atoms with E-state index in [1.54, 1.807) is 12.2 Å². The van der Waals surface area contributed by atoms with Gasteiger partial charge in [-0.05, 0) is 70.1 Å². The summed E-state index contributed by atoms with van der Waals surface area (Å²) in [5.74, 6) is 0. The Morgan fingerprint density at radius 1 is 0.705 bits per heavy atom. The third-order valence-corrected chi connectivity index (χ3v) is 8.44. The topological polar surface area (TPSA) is 41.7 Å². The molecule has 7 aromatic rings. The summed E-state index contributed by atoms with van der Waals surface area (Å²) in [5, 5.41) is 14.9. The number of benzene rings is 5. The van der Waals surface area contributed by atoms with Gasteiger partial charge in [0.05, 0.1) is 16.7 Å².